The summed E-state index contributed by atoms with van der Waals surface area (Å²) in [6.07, 6.45) is 1.22. The average molecular weight is 325 g/mol. The number of aliphatic carboxylic acids is 1. The van der Waals surface area contributed by atoms with Gasteiger partial charge in [0.25, 0.3) is 0 Å². The number of rotatable bonds is 6. The van der Waals surface area contributed by atoms with E-state index in [1.165, 1.54) is 5.56 Å². The van der Waals surface area contributed by atoms with Crippen LogP contribution in [0.15, 0.2) is 48.5 Å². The minimum absolute atomic E-state index is 0.0823. The van der Waals surface area contributed by atoms with E-state index < -0.39 is 11.4 Å². The molecule has 1 amide bonds. The van der Waals surface area contributed by atoms with E-state index in [0.29, 0.717) is 17.7 Å². The minimum Gasteiger partial charge on any atom is -0.481 e. The van der Waals surface area contributed by atoms with Crippen molar-refractivity contribution in [2.24, 2.45) is 0 Å². The van der Waals surface area contributed by atoms with E-state index in [4.69, 9.17) is 0 Å². The largest absolute Gasteiger partial charge is 0.481 e. The van der Waals surface area contributed by atoms with Crippen LogP contribution in [0.2, 0.25) is 0 Å². The van der Waals surface area contributed by atoms with Crippen LogP contribution < -0.4 is 5.32 Å². The first-order valence-electron chi connectivity index (χ1n) is 8.05. The van der Waals surface area contributed by atoms with Crippen LogP contribution >= 0.6 is 0 Å². The molecular formula is C20H23NO3. The number of hydrogen-bond donors (Lipinski definition) is 2. The molecular weight excluding hydrogens is 302 g/mol. The Morgan fingerprint density at radius 1 is 1.00 bits per heavy atom. The Morgan fingerprint density at radius 3 is 2.12 bits per heavy atom. The van der Waals surface area contributed by atoms with Gasteiger partial charge in [0.05, 0.1) is 11.8 Å². The number of amides is 1. The molecule has 0 aliphatic rings. The van der Waals surface area contributed by atoms with Crippen molar-refractivity contribution in [2.75, 3.05) is 5.32 Å². The number of carboxylic acid groups (broad SMARTS) is 1. The van der Waals surface area contributed by atoms with Crippen molar-refractivity contribution >= 4 is 17.6 Å². The molecule has 0 unspecified atom stereocenters. The van der Waals surface area contributed by atoms with Gasteiger partial charge in [-0.15, -0.1) is 0 Å². The van der Waals surface area contributed by atoms with Gasteiger partial charge in [-0.1, -0.05) is 43.3 Å². The summed E-state index contributed by atoms with van der Waals surface area (Å²) in [7, 11) is 0. The molecule has 2 N–H and O–H groups in total. The lowest BCUT2D eigenvalue weighted by Crippen LogP contribution is -2.28. The molecule has 2 aromatic carbocycles. The second-order valence-corrected chi connectivity index (χ2v) is 6.35. The monoisotopic (exact) mass is 325 g/mol. The molecule has 24 heavy (non-hydrogen) atoms. The lowest BCUT2D eigenvalue weighted by Gasteiger charge is -2.20. The Kier molecular flexibility index (Phi) is 5.39. The van der Waals surface area contributed by atoms with Crippen LogP contribution in [0.5, 0.6) is 0 Å². The SMILES string of the molecule is CCc1ccccc1CC(=O)Nc1ccc(C(C)(C)C(=O)O)cc1. The highest BCUT2D eigenvalue weighted by Gasteiger charge is 2.29. The molecule has 0 atom stereocenters. The third-order valence-electron chi connectivity index (χ3n) is 4.28. The van der Waals surface area contributed by atoms with Crippen LogP contribution in [-0.4, -0.2) is 17.0 Å². The number of nitrogens with one attached hydrogen (secondary N) is 1. The summed E-state index contributed by atoms with van der Waals surface area (Å²) < 4.78 is 0. The van der Waals surface area contributed by atoms with Gasteiger partial charge in [0.2, 0.25) is 5.91 Å². The Labute approximate surface area is 142 Å². The predicted molar refractivity (Wildman–Crippen MR) is 95.3 cm³/mol. The van der Waals surface area contributed by atoms with E-state index in [9.17, 15) is 14.7 Å². The molecule has 4 nitrogen and oxygen atoms in total. The van der Waals surface area contributed by atoms with E-state index in [1.54, 1.807) is 38.1 Å². The molecule has 0 heterocycles. The Hall–Kier alpha value is -2.62. The van der Waals surface area contributed by atoms with E-state index in [1.807, 2.05) is 24.3 Å². The van der Waals surface area contributed by atoms with Gasteiger partial charge in [-0.25, -0.2) is 0 Å². The first-order chi connectivity index (χ1) is 11.3. The third kappa shape index (κ3) is 4.02. The van der Waals surface area contributed by atoms with Gasteiger partial charge in [0.1, 0.15) is 0 Å². The number of carbonyl (C=O) groups excluding carboxylic acids is 1. The molecule has 4 heteroatoms. The molecule has 0 aromatic heterocycles. The summed E-state index contributed by atoms with van der Waals surface area (Å²) in [5.74, 6) is -0.961. The number of benzene rings is 2. The van der Waals surface area contributed by atoms with Gasteiger partial charge in [-0.3, -0.25) is 9.59 Å². The highest BCUT2D eigenvalue weighted by molar-refractivity contribution is 5.92. The maximum absolute atomic E-state index is 12.2. The standard InChI is InChI=1S/C20H23NO3/c1-4-14-7-5-6-8-15(14)13-18(22)21-17-11-9-16(10-12-17)20(2,3)19(23)24/h5-12H,4,13H2,1-3H3,(H,21,22)(H,23,24). The fourth-order valence-corrected chi connectivity index (χ4v) is 2.55. The molecule has 2 rings (SSSR count). The molecule has 0 radical (unpaired) electrons. The van der Waals surface area contributed by atoms with Gasteiger partial charge in [-0.2, -0.15) is 0 Å². The quantitative estimate of drug-likeness (QED) is 0.849. The molecule has 0 aliphatic carbocycles. The topological polar surface area (TPSA) is 66.4 Å². The van der Waals surface area contributed by atoms with Gasteiger partial charge in [0, 0.05) is 5.69 Å². The predicted octanol–water partition coefficient (Wildman–Crippen LogP) is 3.79. The molecule has 0 bridgehead atoms. The van der Waals surface area contributed by atoms with Crippen LogP contribution in [0.1, 0.15) is 37.5 Å². The lowest BCUT2D eigenvalue weighted by atomic mass is 9.85. The van der Waals surface area contributed by atoms with E-state index in [-0.39, 0.29) is 5.91 Å². The van der Waals surface area contributed by atoms with E-state index in [2.05, 4.69) is 12.2 Å². The molecule has 2 aromatic rings. The summed E-state index contributed by atoms with van der Waals surface area (Å²) in [4.78, 5) is 23.5. The number of carboxylic acids is 1. The fraction of sp³-hybridized carbons (Fsp3) is 0.300. The summed E-state index contributed by atoms with van der Waals surface area (Å²) in [6, 6.07) is 14.9. The van der Waals surface area contributed by atoms with Crippen molar-refractivity contribution in [3.05, 3.63) is 65.2 Å². The van der Waals surface area contributed by atoms with Gasteiger partial charge < -0.3 is 10.4 Å². The van der Waals surface area contributed by atoms with Gasteiger partial charge in [-0.05, 0) is 49.1 Å². The maximum Gasteiger partial charge on any atom is 0.313 e. The summed E-state index contributed by atoms with van der Waals surface area (Å²) in [5.41, 5.74) is 2.61. The smallest absolute Gasteiger partial charge is 0.313 e. The van der Waals surface area contributed by atoms with Crippen LogP contribution in [0, 0.1) is 0 Å². The van der Waals surface area contributed by atoms with Crippen LogP contribution in [0.3, 0.4) is 0 Å². The zero-order valence-corrected chi connectivity index (χ0v) is 14.3. The molecule has 126 valence electrons. The zero-order valence-electron chi connectivity index (χ0n) is 14.3. The number of hydrogen-bond acceptors (Lipinski definition) is 2. The highest BCUT2D eigenvalue weighted by Crippen LogP contribution is 2.25. The van der Waals surface area contributed by atoms with Crippen molar-refractivity contribution in [1.82, 2.24) is 0 Å². The molecule has 0 fully saturated rings. The first kappa shape index (κ1) is 17.7. The Bertz CT molecular complexity index is 733. The Balaban J connectivity index is 2.06. The maximum atomic E-state index is 12.2. The third-order valence-corrected chi connectivity index (χ3v) is 4.28. The van der Waals surface area contributed by atoms with E-state index in [0.717, 1.165) is 12.0 Å². The minimum atomic E-state index is -0.956. The van der Waals surface area contributed by atoms with E-state index >= 15 is 0 Å². The van der Waals surface area contributed by atoms with Crippen LogP contribution in [0.25, 0.3) is 0 Å². The van der Waals surface area contributed by atoms with Crippen molar-refractivity contribution in [3.8, 4) is 0 Å². The average Bonchev–Trinajstić information content (AvgIpc) is 2.55. The molecule has 0 aliphatic heterocycles. The fourth-order valence-electron chi connectivity index (χ4n) is 2.55. The summed E-state index contributed by atoms with van der Waals surface area (Å²) >= 11 is 0. The van der Waals surface area contributed by atoms with Crippen LogP contribution in [0.4, 0.5) is 5.69 Å². The van der Waals surface area contributed by atoms with Crippen molar-refractivity contribution < 1.29 is 14.7 Å². The number of anilines is 1. The first-order valence-corrected chi connectivity index (χ1v) is 8.05. The molecule has 0 spiro atoms. The second-order valence-electron chi connectivity index (χ2n) is 6.35. The van der Waals surface area contributed by atoms with Gasteiger partial charge in [0.15, 0.2) is 0 Å². The zero-order chi connectivity index (χ0) is 17.7. The van der Waals surface area contributed by atoms with Crippen molar-refractivity contribution in [3.63, 3.8) is 0 Å². The molecule has 0 saturated carbocycles. The van der Waals surface area contributed by atoms with Crippen LogP contribution in [-0.2, 0) is 27.8 Å². The van der Waals surface area contributed by atoms with Crippen molar-refractivity contribution in [1.29, 1.82) is 0 Å². The lowest BCUT2D eigenvalue weighted by molar-refractivity contribution is -0.142. The summed E-state index contributed by atoms with van der Waals surface area (Å²) in [5, 5.41) is 12.1. The van der Waals surface area contributed by atoms with Crippen molar-refractivity contribution in [2.45, 2.75) is 39.0 Å². The normalized spacial score (nSPS) is 11.1. The highest BCUT2D eigenvalue weighted by atomic mass is 16.4. The summed E-state index contributed by atoms with van der Waals surface area (Å²) in [6.45, 7) is 5.38. The number of carbonyl (C=O) groups is 2. The van der Waals surface area contributed by atoms with Gasteiger partial charge >= 0.3 is 5.97 Å². The molecule has 0 saturated heterocycles. The Morgan fingerprint density at radius 2 is 1.58 bits per heavy atom. The second kappa shape index (κ2) is 7.30. The number of aryl methyl sites for hydroxylation is 1.